The fourth-order valence-corrected chi connectivity index (χ4v) is 2.45. The molecule has 1 aromatic heterocycles. The van der Waals surface area contributed by atoms with Crippen molar-refractivity contribution in [3.05, 3.63) is 60.8 Å². The van der Waals surface area contributed by atoms with E-state index in [2.05, 4.69) is 10.3 Å². The lowest BCUT2D eigenvalue weighted by Crippen LogP contribution is -2.21. The molecule has 1 N–H and O–H groups in total. The van der Waals surface area contributed by atoms with Crippen molar-refractivity contribution in [3.8, 4) is 11.5 Å². The van der Waals surface area contributed by atoms with Crippen molar-refractivity contribution in [2.45, 2.75) is 20.0 Å². The smallest absolute Gasteiger partial charge is 0.262 e. The molecular formula is C20H20N2O3. The Morgan fingerprint density at radius 3 is 2.64 bits per heavy atom. The van der Waals surface area contributed by atoms with E-state index in [0.717, 1.165) is 10.9 Å². The molecule has 1 heterocycles. The molecule has 0 aliphatic heterocycles. The SMILES string of the molecule is CC(C)Oc1ccccc1NC(=O)COc1cccc2cccnc12. The second kappa shape index (κ2) is 7.66. The number of hydrogen-bond acceptors (Lipinski definition) is 4. The summed E-state index contributed by atoms with van der Waals surface area (Å²) in [6.07, 6.45) is 1.73. The standard InChI is InChI=1S/C20H20N2O3/c1-14(2)25-17-10-4-3-9-16(17)22-19(23)13-24-18-11-5-7-15-8-6-12-21-20(15)18/h3-12,14H,13H2,1-2H3,(H,22,23). The van der Waals surface area contributed by atoms with Crippen LogP contribution in [0, 0.1) is 0 Å². The maximum atomic E-state index is 12.2. The van der Waals surface area contributed by atoms with Crippen LogP contribution in [0.5, 0.6) is 11.5 Å². The minimum Gasteiger partial charge on any atom is -0.489 e. The molecule has 128 valence electrons. The fraction of sp³-hybridized carbons (Fsp3) is 0.200. The van der Waals surface area contributed by atoms with Crippen molar-refractivity contribution >= 4 is 22.5 Å². The summed E-state index contributed by atoms with van der Waals surface area (Å²) >= 11 is 0. The Labute approximate surface area is 146 Å². The van der Waals surface area contributed by atoms with Crippen molar-refractivity contribution in [1.82, 2.24) is 4.98 Å². The molecule has 3 aromatic rings. The lowest BCUT2D eigenvalue weighted by Gasteiger charge is -2.15. The average Bonchev–Trinajstić information content (AvgIpc) is 2.61. The zero-order valence-electron chi connectivity index (χ0n) is 14.2. The van der Waals surface area contributed by atoms with Crippen molar-refractivity contribution in [2.24, 2.45) is 0 Å². The highest BCUT2D eigenvalue weighted by molar-refractivity contribution is 5.93. The third-order valence-electron chi connectivity index (χ3n) is 3.48. The zero-order valence-corrected chi connectivity index (χ0v) is 14.2. The van der Waals surface area contributed by atoms with Gasteiger partial charge in [0, 0.05) is 11.6 Å². The molecule has 0 saturated carbocycles. The van der Waals surface area contributed by atoms with Crippen LogP contribution in [0.2, 0.25) is 0 Å². The Morgan fingerprint density at radius 2 is 1.80 bits per heavy atom. The first-order chi connectivity index (χ1) is 12.1. The Morgan fingerprint density at radius 1 is 1.04 bits per heavy atom. The van der Waals surface area contributed by atoms with Crippen LogP contribution in [0.15, 0.2) is 60.8 Å². The van der Waals surface area contributed by atoms with E-state index in [-0.39, 0.29) is 18.6 Å². The van der Waals surface area contributed by atoms with Crippen LogP contribution in [0.25, 0.3) is 10.9 Å². The summed E-state index contributed by atoms with van der Waals surface area (Å²) in [6.45, 7) is 3.77. The number of hydrogen-bond donors (Lipinski definition) is 1. The normalized spacial score (nSPS) is 10.7. The van der Waals surface area contributed by atoms with Gasteiger partial charge < -0.3 is 14.8 Å². The molecule has 1 amide bonds. The van der Waals surface area contributed by atoms with Crippen molar-refractivity contribution < 1.29 is 14.3 Å². The van der Waals surface area contributed by atoms with Gasteiger partial charge in [-0.25, -0.2) is 0 Å². The van der Waals surface area contributed by atoms with E-state index < -0.39 is 0 Å². The first kappa shape index (κ1) is 16.8. The lowest BCUT2D eigenvalue weighted by atomic mass is 10.2. The molecule has 0 spiro atoms. The van der Waals surface area contributed by atoms with E-state index in [0.29, 0.717) is 17.2 Å². The summed E-state index contributed by atoms with van der Waals surface area (Å²) < 4.78 is 11.4. The number of anilines is 1. The maximum Gasteiger partial charge on any atom is 0.262 e. The first-order valence-corrected chi connectivity index (χ1v) is 8.15. The number of aromatic nitrogens is 1. The second-order valence-corrected chi connectivity index (χ2v) is 5.83. The molecule has 5 nitrogen and oxygen atoms in total. The molecule has 0 aliphatic rings. The maximum absolute atomic E-state index is 12.2. The molecule has 0 saturated heterocycles. The number of carbonyl (C=O) groups excluding carboxylic acids is 1. The Balaban J connectivity index is 1.67. The van der Waals surface area contributed by atoms with Gasteiger partial charge in [-0.1, -0.05) is 30.3 Å². The quantitative estimate of drug-likeness (QED) is 0.738. The van der Waals surface area contributed by atoms with Gasteiger partial charge in [-0.15, -0.1) is 0 Å². The monoisotopic (exact) mass is 336 g/mol. The van der Waals surface area contributed by atoms with Gasteiger partial charge in [0.15, 0.2) is 6.61 Å². The summed E-state index contributed by atoms with van der Waals surface area (Å²) in [6, 6.07) is 16.8. The summed E-state index contributed by atoms with van der Waals surface area (Å²) in [5.74, 6) is 0.963. The van der Waals surface area contributed by atoms with Gasteiger partial charge in [-0.2, -0.15) is 0 Å². The summed E-state index contributed by atoms with van der Waals surface area (Å²) in [5.41, 5.74) is 1.36. The molecule has 0 bridgehead atoms. The van der Waals surface area contributed by atoms with Gasteiger partial charge in [-0.3, -0.25) is 9.78 Å². The lowest BCUT2D eigenvalue weighted by molar-refractivity contribution is -0.118. The van der Waals surface area contributed by atoms with E-state index >= 15 is 0 Å². The molecule has 25 heavy (non-hydrogen) atoms. The van der Waals surface area contributed by atoms with Gasteiger partial charge in [0.05, 0.1) is 11.8 Å². The molecule has 0 aliphatic carbocycles. The average molecular weight is 336 g/mol. The third-order valence-corrected chi connectivity index (χ3v) is 3.48. The van der Waals surface area contributed by atoms with Gasteiger partial charge in [0.2, 0.25) is 0 Å². The molecule has 2 aromatic carbocycles. The van der Waals surface area contributed by atoms with Crippen molar-refractivity contribution in [1.29, 1.82) is 0 Å². The number of para-hydroxylation sites is 3. The van der Waals surface area contributed by atoms with Crippen LogP contribution in [0.3, 0.4) is 0 Å². The number of rotatable bonds is 6. The van der Waals surface area contributed by atoms with Crippen LogP contribution < -0.4 is 14.8 Å². The Hall–Kier alpha value is -3.08. The number of pyridine rings is 1. The number of ether oxygens (including phenoxy) is 2. The molecule has 0 unspecified atom stereocenters. The Bertz CT molecular complexity index is 872. The summed E-state index contributed by atoms with van der Waals surface area (Å²) in [5, 5.41) is 3.79. The number of amides is 1. The number of benzene rings is 2. The molecule has 3 rings (SSSR count). The van der Waals surface area contributed by atoms with E-state index in [1.807, 2.05) is 56.3 Å². The van der Waals surface area contributed by atoms with Gasteiger partial charge in [0.25, 0.3) is 5.91 Å². The van der Waals surface area contributed by atoms with Gasteiger partial charge in [0.1, 0.15) is 17.0 Å². The zero-order chi connectivity index (χ0) is 17.6. The van der Waals surface area contributed by atoms with Crippen molar-refractivity contribution in [3.63, 3.8) is 0 Å². The van der Waals surface area contributed by atoms with Gasteiger partial charge >= 0.3 is 0 Å². The number of nitrogens with zero attached hydrogens (tertiary/aromatic N) is 1. The first-order valence-electron chi connectivity index (χ1n) is 8.15. The summed E-state index contributed by atoms with van der Waals surface area (Å²) in [4.78, 5) is 16.6. The van der Waals surface area contributed by atoms with E-state index in [1.54, 1.807) is 18.3 Å². The van der Waals surface area contributed by atoms with Crippen LogP contribution in [-0.2, 0) is 4.79 Å². The molecule has 0 atom stereocenters. The second-order valence-electron chi connectivity index (χ2n) is 5.83. The number of nitrogens with one attached hydrogen (secondary N) is 1. The highest BCUT2D eigenvalue weighted by Gasteiger charge is 2.10. The van der Waals surface area contributed by atoms with Crippen LogP contribution in [0.1, 0.15) is 13.8 Å². The predicted molar refractivity (Wildman–Crippen MR) is 98.1 cm³/mol. The summed E-state index contributed by atoms with van der Waals surface area (Å²) in [7, 11) is 0. The highest BCUT2D eigenvalue weighted by Crippen LogP contribution is 2.25. The highest BCUT2D eigenvalue weighted by atomic mass is 16.5. The molecule has 0 fully saturated rings. The van der Waals surface area contributed by atoms with Crippen LogP contribution >= 0.6 is 0 Å². The van der Waals surface area contributed by atoms with Gasteiger partial charge in [-0.05, 0) is 38.1 Å². The Kier molecular flexibility index (Phi) is 5.14. The molecular weight excluding hydrogens is 316 g/mol. The third kappa shape index (κ3) is 4.26. The van der Waals surface area contributed by atoms with E-state index in [1.165, 1.54) is 0 Å². The minimum absolute atomic E-state index is 0.0241. The van der Waals surface area contributed by atoms with E-state index in [9.17, 15) is 4.79 Å². The van der Waals surface area contributed by atoms with Crippen LogP contribution in [0.4, 0.5) is 5.69 Å². The largest absolute Gasteiger partial charge is 0.489 e. The topological polar surface area (TPSA) is 60.5 Å². The number of fused-ring (bicyclic) bond motifs is 1. The minimum atomic E-state index is -0.257. The predicted octanol–water partition coefficient (Wildman–Crippen LogP) is 4.04. The van der Waals surface area contributed by atoms with E-state index in [4.69, 9.17) is 9.47 Å². The number of carbonyl (C=O) groups is 1. The molecule has 5 heteroatoms. The fourth-order valence-electron chi connectivity index (χ4n) is 2.45. The van der Waals surface area contributed by atoms with Crippen molar-refractivity contribution in [2.75, 3.05) is 11.9 Å². The molecule has 0 radical (unpaired) electrons. The van der Waals surface area contributed by atoms with Crippen LogP contribution in [-0.4, -0.2) is 23.6 Å².